The van der Waals surface area contributed by atoms with Gasteiger partial charge < -0.3 is 20.9 Å². The van der Waals surface area contributed by atoms with E-state index in [4.69, 9.17) is 11.0 Å². The van der Waals surface area contributed by atoms with Crippen molar-refractivity contribution >= 4 is 17.5 Å². The fourth-order valence-corrected chi connectivity index (χ4v) is 4.37. The maximum atomic E-state index is 13.4. The molecule has 0 radical (unpaired) electrons. The van der Waals surface area contributed by atoms with E-state index in [9.17, 15) is 14.0 Å². The van der Waals surface area contributed by atoms with E-state index in [1.807, 2.05) is 18.2 Å². The first-order valence-corrected chi connectivity index (χ1v) is 9.19. The number of nitrogens with zero attached hydrogens (tertiary/aromatic N) is 3. The Bertz CT molecular complexity index is 780. The van der Waals surface area contributed by atoms with Crippen molar-refractivity contribution in [1.29, 1.82) is 5.26 Å². The summed E-state index contributed by atoms with van der Waals surface area (Å²) in [4.78, 5) is 27.0. The van der Waals surface area contributed by atoms with Crippen LogP contribution in [0.5, 0.6) is 0 Å². The van der Waals surface area contributed by atoms with Crippen molar-refractivity contribution in [3.8, 4) is 6.07 Å². The fourth-order valence-electron chi connectivity index (χ4n) is 4.37. The average molecular weight is 371 g/mol. The molecule has 2 saturated heterocycles. The molecular weight excluding hydrogens is 349 g/mol. The molecule has 0 spiro atoms. The average Bonchev–Trinajstić information content (AvgIpc) is 3.00. The molecule has 2 heterocycles. The quantitative estimate of drug-likeness (QED) is 0.774. The highest BCUT2D eigenvalue weighted by molar-refractivity contribution is 5.93. The van der Waals surface area contributed by atoms with E-state index in [2.05, 4.69) is 10.2 Å². The van der Waals surface area contributed by atoms with Gasteiger partial charge >= 0.3 is 0 Å². The lowest BCUT2D eigenvalue weighted by Gasteiger charge is -2.23. The van der Waals surface area contributed by atoms with Gasteiger partial charge in [-0.1, -0.05) is 0 Å². The highest BCUT2D eigenvalue weighted by Crippen LogP contribution is 2.46. The summed E-state index contributed by atoms with van der Waals surface area (Å²) in [6, 6.07) is 8.92. The van der Waals surface area contributed by atoms with Gasteiger partial charge in [-0.05, 0) is 36.1 Å². The van der Waals surface area contributed by atoms with Crippen LogP contribution in [0, 0.1) is 23.2 Å². The number of fused-ring (bicyclic) bond motifs is 1. The van der Waals surface area contributed by atoms with Crippen LogP contribution in [-0.2, 0) is 4.79 Å². The van der Waals surface area contributed by atoms with Crippen LogP contribution in [0.3, 0.4) is 0 Å². The second kappa shape index (κ2) is 6.82. The van der Waals surface area contributed by atoms with Crippen molar-refractivity contribution in [2.75, 3.05) is 31.1 Å². The highest BCUT2D eigenvalue weighted by atomic mass is 19.1. The molecule has 2 aliphatic heterocycles. The number of halogens is 1. The molecule has 0 aromatic heterocycles. The van der Waals surface area contributed by atoms with Crippen molar-refractivity contribution in [1.82, 2.24) is 10.2 Å². The zero-order chi connectivity index (χ0) is 19.1. The summed E-state index contributed by atoms with van der Waals surface area (Å²) >= 11 is 0. The number of carbonyl (C=O) groups excluding carboxylic acids is 2. The zero-order valence-electron chi connectivity index (χ0n) is 14.8. The molecule has 8 heteroatoms. The number of benzene rings is 1. The number of anilines is 1. The molecule has 1 aromatic carbocycles. The lowest BCUT2D eigenvalue weighted by molar-refractivity contribution is -0.130. The molecule has 2 amide bonds. The van der Waals surface area contributed by atoms with Crippen LogP contribution in [0.2, 0.25) is 0 Å². The van der Waals surface area contributed by atoms with Gasteiger partial charge in [0.25, 0.3) is 0 Å². The summed E-state index contributed by atoms with van der Waals surface area (Å²) in [5.41, 5.74) is 6.82. The van der Waals surface area contributed by atoms with Gasteiger partial charge in [0.2, 0.25) is 11.8 Å². The summed E-state index contributed by atoms with van der Waals surface area (Å²) in [6.45, 7) is 1.95. The van der Waals surface area contributed by atoms with Crippen LogP contribution < -0.4 is 16.0 Å². The van der Waals surface area contributed by atoms with Crippen LogP contribution in [0.4, 0.5) is 10.1 Å². The Morgan fingerprint density at radius 2 is 1.89 bits per heavy atom. The first-order chi connectivity index (χ1) is 13.0. The summed E-state index contributed by atoms with van der Waals surface area (Å²) in [7, 11) is 0. The molecule has 1 unspecified atom stereocenters. The molecule has 0 bridgehead atoms. The number of rotatable bonds is 5. The third kappa shape index (κ3) is 3.35. The Balaban J connectivity index is 1.25. The predicted molar refractivity (Wildman–Crippen MR) is 96.6 cm³/mol. The minimum absolute atomic E-state index is 0.0192. The number of likely N-dealkylation sites (tertiary alicyclic amines) is 1. The maximum absolute atomic E-state index is 13.4. The number of nitrogens with two attached hydrogens (primary N) is 1. The van der Waals surface area contributed by atoms with E-state index in [1.165, 1.54) is 4.90 Å². The smallest absolute Gasteiger partial charge is 0.248 e. The first kappa shape index (κ1) is 17.7. The van der Waals surface area contributed by atoms with Gasteiger partial charge in [-0.15, -0.1) is 0 Å². The van der Waals surface area contributed by atoms with Gasteiger partial charge in [0.1, 0.15) is 12.2 Å². The second-order valence-electron chi connectivity index (χ2n) is 7.57. The normalized spacial score (nSPS) is 31.5. The molecule has 5 atom stereocenters. The van der Waals surface area contributed by atoms with Gasteiger partial charge in [0.05, 0.1) is 19.2 Å². The number of hydrogen-bond donors (Lipinski definition) is 2. The molecule has 3 aliphatic rings. The molecular formula is C19H22FN5O2. The van der Waals surface area contributed by atoms with Crippen LogP contribution in [-0.4, -0.2) is 61.1 Å². The number of nitriles is 1. The molecule has 142 valence electrons. The third-order valence-corrected chi connectivity index (χ3v) is 5.92. The first-order valence-electron chi connectivity index (χ1n) is 9.19. The van der Waals surface area contributed by atoms with E-state index in [-0.39, 0.29) is 25.4 Å². The van der Waals surface area contributed by atoms with Gasteiger partial charge in [-0.3, -0.25) is 9.59 Å². The summed E-state index contributed by atoms with van der Waals surface area (Å²) in [5.74, 6) is 0.321. The van der Waals surface area contributed by atoms with Crippen LogP contribution >= 0.6 is 0 Å². The number of hydrogen-bond acceptors (Lipinski definition) is 5. The van der Waals surface area contributed by atoms with Crippen LogP contribution in [0.15, 0.2) is 24.3 Å². The lowest BCUT2D eigenvalue weighted by atomic mass is 10.2. The highest BCUT2D eigenvalue weighted by Gasteiger charge is 2.55. The fraction of sp³-hybridized carbons (Fsp3) is 0.526. The zero-order valence-corrected chi connectivity index (χ0v) is 14.8. The summed E-state index contributed by atoms with van der Waals surface area (Å²) in [5, 5.41) is 12.3. The number of nitrogens with one attached hydrogen (secondary N) is 1. The standard InChI is InChI=1S/C19H22FN5O2/c20-12-5-14(6-21)25(8-12)17(26)7-23-18-15-9-24(10-16(15)18)13-3-1-11(2-4-13)19(22)27/h1-4,12,14-16,18,23H,5,7-10H2,(H2,22,27)/t12-,14-,15-,16+,18?/m0/s1. The third-order valence-electron chi connectivity index (χ3n) is 5.92. The Labute approximate surface area is 156 Å². The van der Waals surface area contributed by atoms with E-state index in [0.29, 0.717) is 23.4 Å². The SMILES string of the molecule is N#C[C@@H]1C[C@H](F)CN1C(=O)CNC1[C@H]2CN(c3ccc(C(N)=O)cc3)C[C@@H]12. The van der Waals surface area contributed by atoms with Crippen molar-refractivity contribution < 1.29 is 14.0 Å². The number of primary amides is 1. The minimum Gasteiger partial charge on any atom is -0.371 e. The summed E-state index contributed by atoms with van der Waals surface area (Å²) in [6.07, 6.45) is -0.992. The number of alkyl halides is 1. The topological polar surface area (TPSA) is 102 Å². The molecule has 1 saturated carbocycles. The van der Waals surface area contributed by atoms with Crippen molar-refractivity contribution in [2.45, 2.75) is 24.7 Å². The van der Waals surface area contributed by atoms with Gasteiger partial charge in [0.15, 0.2) is 0 Å². The molecule has 7 nitrogen and oxygen atoms in total. The van der Waals surface area contributed by atoms with Gasteiger partial charge in [-0.25, -0.2) is 4.39 Å². The largest absolute Gasteiger partial charge is 0.371 e. The molecule has 3 N–H and O–H groups in total. The monoisotopic (exact) mass is 371 g/mol. The molecule has 1 aliphatic carbocycles. The molecule has 1 aromatic rings. The lowest BCUT2D eigenvalue weighted by Crippen LogP contribution is -2.42. The van der Waals surface area contributed by atoms with Crippen LogP contribution in [0.1, 0.15) is 16.8 Å². The van der Waals surface area contributed by atoms with E-state index >= 15 is 0 Å². The second-order valence-corrected chi connectivity index (χ2v) is 7.57. The summed E-state index contributed by atoms with van der Waals surface area (Å²) < 4.78 is 13.4. The van der Waals surface area contributed by atoms with Crippen LogP contribution in [0.25, 0.3) is 0 Å². The number of piperidine rings is 1. The Hall–Kier alpha value is -2.66. The van der Waals surface area contributed by atoms with Crippen molar-refractivity contribution in [3.05, 3.63) is 29.8 Å². The van der Waals surface area contributed by atoms with Gasteiger partial charge in [-0.2, -0.15) is 5.26 Å². The van der Waals surface area contributed by atoms with E-state index in [0.717, 1.165) is 18.8 Å². The molecule has 4 rings (SSSR count). The maximum Gasteiger partial charge on any atom is 0.248 e. The number of amides is 2. The number of carbonyl (C=O) groups is 2. The Morgan fingerprint density at radius 1 is 1.22 bits per heavy atom. The van der Waals surface area contributed by atoms with E-state index in [1.54, 1.807) is 12.1 Å². The molecule has 27 heavy (non-hydrogen) atoms. The van der Waals surface area contributed by atoms with E-state index < -0.39 is 18.1 Å². The Kier molecular flexibility index (Phi) is 4.48. The minimum atomic E-state index is -1.10. The Morgan fingerprint density at radius 3 is 2.48 bits per heavy atom. The van der Waals surface area contributed by atoms with Gasteiger partial charge in [0, 0.05) is 36.8 Å². The van der Waals surface area contributed by atoms with Crippen molar-refractivity contribution in [3.63, 3.8) is 0 Å². The predicted octanol–water partition coefficient (Wildman–Crippen LogP) is 0.272. The molecule has 3 fully saturated rings. The van der Waals surface area contributed by atoms with Crippen molar-refractivity contribution in [2.24, 2.45) is 17.6 Å².